The van der Waals surface area contributed by atoms with Crippen LogP contribution in [-0.4, -0.2) is 35.4 Å². The van der Waals surface area contributed by atoms with Gasteiger partial charge in [-0.15, -0.1) is 0 Å². The molecule has 0 saturated heterocycles. The SMILES string of the molecule is CCNC(=O)CCC(C)SSCC(=O)NC(C)C. The van der Waals surface area contributed by atoms with Crippen LogP contribution in [0.4, 0.5) is 0 Å². The zero-order valence-electron chi connectivity index (χ0n) is 11.6. The van der Waals surface area contributed by atoms with Gasteiger partial charge in [-0.05, 0) is 27.2 Å². The van der Waals surface area contributed by atoms with E-state index in [1.807, 2.05) is 20.8 Å². The Morgan fingerprint density at radius 1 is 1.17 bits per heavy atom. The number of hydrogen-bond acceptors (Lipinski definition) is 4. The van der Waals surface area contributed by atoms with E-state index >= 15 is 0 Å². The summed E-state index contributed by atoms with van der Waals surface area (Å²) in [5.74, 6) is 0.639. The molecule has 0 aromatic heterocycles. The smallest absolute Gasteiger partial charge is 0.231 e. The fraction of sp³-hybridized carbons (Fsp3) is 0.833. The molecule has 4 nitrogen and oxygen atoms in total. The van der Waals surface area contributed by atoms with Crippen molar-refractivity contribution in [1.82, 2.24) is 10.6 Å². The van der Waals surface area contributed by atoms with Crippen LogP contribution in [0.2, 0.25) is 0 Å². The first-order chi connectivity index (χ1) is 8.45. The lowest BCUT2D eigenvalue weighted by Gasteiger charge is -2.11. The predicted molar refractivity (Wildman–Crippen MR) is 80.7 cm³/mol. The highest BCUT2D eigenvalue weighted by atomic mass is 33.1. The number of rotatable bonds is 9. The minimum absolute atomic E-state index is 0.0680. The summed E-state index contributed by atoms with van der Waals surface area (Å²) in [4.78, 5) is 22.6. The second-order valence-corrected chi connectivity index (χ2v) is 7.19. The van der Waals surface area contributed by atoms with E-state index in [4.69, 9.17) is 0 Å². The molecule has 0 bridgehead atoms. The zero-order chi connectivity index (χ0) is 14.0. The van der Waals surface area contributed by atoms with Gasteiger partial charge in [0, 0.05) is 24.3 Å². The summed E-state index contributed by atoms with van der Waals surface area (Å²) in [6, 6.07) is 0.193. The number of carbonyl (C=O) groups is 2. The molecular weight excluding hydrogens is 268 g/mol. The lowest BCUT2D eigenvalue weighted by molar-refractivity contribution is -0.121. The van der Waals surface area contributed by atoms with E-state index in [0.29, 0.717) is 24.0 Å². The Bertz CT molecular complexity index is 260. The summed E-state index contributed by atoms with van der Waals surface area (Å²) < 4.78 is 0. The van der Waals surface area contributed by atoms with Gasteiger partial charge in [0.1, 0.15) is 0 Å². The van der Waals surface area contributed by atoms with E-state index in [0.717, 1.165) is 6.42 Å². The molecule has 1 unspecified atom stereocenters. The van der Waals surface area contributed by atoms with Crippen molar-refractivity contribution in [1.29, 1.82) is 0 Å². The van der Waals surface area contributed by atoms with E-state index < -0.39 is 0 Å². The number of hydrogen-bond donors (Lipinski definition) is 2. The topological polar surface area (TPSA) is 58.2 Å². The molecule has 6 heteroatoms. The molecule has 0 radical (unpaired) electrons. The Balaban J connectivity index is 3.55. The van der Waals surface area contributed by atoms with E-state index in [9.17, 15) is 9.59 Å². The van der Waals surface area contributed by atoms with Gasteiger partial charge in [0.25, 0.3) is 0 Å². The molecule has 18 heavy (non-hydrogen) atoms. The minimum Gasteiger partial charge on any atom is -0.356 e. The minimum atomic E-state index is 0.0680. The first kappa shape index (κ1) is 17.6. The van der Waals surface area contributed by atoms with Gasteiger partial charge in [-0.2, -0.15) is 0 Å². The van der Waals surface area contributed by atoms with Gasteiger partial charge in [0.15, 0.2) is 0 Å². The fourth-order valence-corrected chi connectivity index (χ4v) is 3.45. The van der Waals surface area contributed by atoms with Gasteiger partial charge in [0.2, 0.25) is 11.8 Å². The van der Waals surface area contributed by atoms with Crippen LogP contribution >= 0.6 is 21.6 Å². The standard InChI is InChI=1S/C12H24N2O2S2/c1-5-13-11(15)7-6-10(4)18-17-8-12(16)14-9(2)3/h9-10H,5-8H2,1-4H3,(H,13,15)(H,14,16). The molecule has 2 amide bonds. The summed E-state index contributed by atoms with van der Waals surface area (Å²) >= 11 is 0. The Morgan fingerprint density at radius 2 is 1.83 bits per heavy atom. The summed E-state index contributed by atoms with van der Waals surface area (Å²) in [6.07, 6.45) is 1.40. The van der Waals surface area contributed by atoms with E-state index in [2.05, 4.69) is 17.6 Å². The first-order valence-corrected chi connectivity index (χ1v) is 8.68. The van der Waals surface area contributed by atoms with Crippen LogP contribution in [0.1, 0.15) is 40.5 Å². The highest BCUT2D eigenvalue weighted by Gasteiger charge is 2.09. The molecule has 0 aliphatic carbocycles. The summed E-state index contributed by atoms with van der Waals surface area (Å²) in [5, 5.41) is 6.00. The molecule has 0 aliphatic heterocycles. The van der Waals surface area contributed by atoms with Crippen molar-refractivity contribution in [3.8, 4) is 0 Å². The maximum Gasteiger partial charge on any atom is 0.231 e. The largest absolute Gasteiger partial charge is 0.356 e. The van der Waals surface area contributed by atoms with Crippen molar-refractivity contribution < 1.29 is 9.59 Å². The van der Waals surface area contributed by atoms with Crippen LogP contribution in [0.3, 0.4) is 0 Å². The molecule has 0 spiro atoms. The molecule has 0 aromatic rings. The Labute approximate surface area is 118 Å². The molecule has 1 atom stereocenters. The van der Waals surface area contributed by atoms with E-state index in [-0.39, 0.29) is 17.9 Å². The summed E-state index contributed by atoms with van der Waals surface area (Å²) in [7, 11) is 3.22. The van der Waals surface area contributed by atoms with Gasteiger partial charge in [-0.3, -0.25) is 9.59 Å². The Morgan fingerprint density at radius 3 is 2.39 bits per heavy atom. The lowest BCUT2D eigenvalue weighted by Crippen LogP contribution is -2.31. The predicted octanol–water partition coefficient (Wildman–Crippen LogP) is 2.20. The molecule has 0 rings (SSSR count). The third kappa shape index (κ3) is 10.8. The van der Waals surface area contributed by atoms with Gasteiger partial charge >= 0.3 is 0 Å². The summed E-state index contributed by atoms with van der Waals surface area (Å²) in [6.45, 7) is 8.58. The molecule has 0 heterocycles. The van der Waals surface area contributed by atoms with E-state index in [1.54, 1.807) is 21.6 Å². The molecule has 0 aliphatic rings. The molecular formula is C12H24N2O2S2. The second-order valence-electron chi connectivity index (χ2n) is 4.38. The van der Waals surface area contributed by atoms with Gasteiger partial charge in [-0.1, -0.05) is 28.5 Å². The van der Waals surface area contributed by atoms with Crippen LogP contribution in [0, 0.1) is 0 Å². The number of nitrogens with one attached hydrogen (secondary N) is 2. The molecule has 106 valence electrons. The number of carbonyl (C=O) groups excluding carboxylic acids is 2. The zero-order valence-corrected chi connectivity index (χ0v) is 13.2. The molecule has 0 fully saturated rings. The normalized spacial score (nSPS) is 12.3. The quantitative estimate of drug-likeness (QED) is 0.640. The van der Waals surface area contributed by atoms with Crippen molar-refractivity contribution in [2.45, 2.75) is 51.8 Å². The molecule has 2 N–H and O–H groups in total. The maximum atomic E-state index is 11.4. The second kappa shape index (κ2) is 10.6. The maximum absolute atomic E-state index is 11.4. The fourth-order valence-electron chi connectivity index (χ4n) is 1.24. The molecule has 0 saturated carbocycles. The van der Waals surface area contributed by atoms with Crippen LogP contribution in [0.25, 0.3) is 0 Å². The average molecular weight is 292 g/mol. The lowest BCUT2D eigenvalue weighted by atomic mass is 10.2. The van der Waals surface area contributed by atoms with Crippen molar-refractivity contribution >= 4 is 33.4 Å². The highest BCUT2D eigenvalue weighted by Crippen LogP contribution is 2.28. The average Bonchev–Trinajstić information content (AvgIpc) is 2.25. The van der Waals surface area contributed by atoms with Crippen molar-refractivity contribution in [3.63, 3.8) is 0 Å². The molecule has 0 aromatic carbocycles. The Kier molecular flexibility index (Phi) is 10.3. The Hall–Kier alpha value is -0.360. The van der Waals surface area contributed by atoms with Crippen molar-refractivity contribution in [2.75, 3.05) is 12.3 Å². The van der Waals surface area contributed by atoms with Crippen LogP contribution in [-0.2, 0) is 9.59 Å². The third-order valence-electron chi connectivity index (χ3n) is 2.02. The first-order valence-electron chi connectivity index (χ1n) is 6.30. The van der Waals surface area contributed by atoms with Crippen LogP contribution in [0.15, 0.2) is 0 Å². The summed E-state index contributed by atoms with van der Waals surface area (Å²) in [5.41, 5.74) is 0. The van der Waals surface area contributed by atoms with Crippen LogP contribution < -0.4 is 10.6 Å². The van der Waals surface area contributed by atoms with Crippen LogP contribution in [0.5, 0.6) is 0 Å². The van der Waals surface area contributed by atoms with Gasteiger partial charge < -0.3 is 10.6 Å². The van der Waals surface area contributed by atoms with Crippen molar-refractivity contribution in [3.05, 3.63) is 0 Å². The monoisotopic (exact) mass is 292 g/mol. The highest BCUT2D eigenvalue weighted by molar-refractivity contribution is 8.77. The van der Waals surface area contributed by atoms with Gasteiger partial charge in [-0.25, -0.2) is 0 Å². The van der Waals surface area contributed by atoms with Gasteiger partial charge in [0.05, 0.1) is 5.75 Å². The third-order valence-corrected chi connectivity index (χ3v) is 4.85. The van der Waals surface area contributed by atoms with Crippen molar-refractivity contribution in [2.24, 2.45) is 0 Å². The number of amides is 2. The van der Waals surface area contributed by atoms with E-state index in [1.165, 1.54) is 0 Å².